The highest BCUT2D eigenvalue weighted by Crippen LogP contribution is 2.51. The second kappa shape index (κ2) is 5.78. The summed E-state index contributed by atoms with van der Waals surface area (Å²) in [7, 11) is 0. The topological polar surface area (TPSA) is 97.7 Å². The Morgan fingerprint density at radius 2 is 2.25 bits per heavy atom. The summed E-state index contributed by atoms with van der Waals surface area (Å²) in [5, 5.41) is 13.1. The van der Waals surface area contributed by atoms with Crippen molar-refractivity contribution in [1.82, 2.24) is 19.9 Å². The second-order valence-electron chi connectivity index (χ2n) is 6.69. The zero-order valence-corrected chi connectivity index (χ0v) is 13.6. The van der Waals surface area contributed by atoms with Gasteiger partial charge in [0.2, 0.25) is 5.91 Å². The average molecular weight is 324 g/mol. The van der Waals surface area contributed by atoms with Gasteiger partial charge in [-0.15, -0.1) is 0 Å². The number of hydrogen-bond acceptors (Lipinski definition) is 5. The first-order chi connectivity index (χ1) is 11.7. The minimum absolute atomic E-state index is 0.121. The number of aromatic nitrogens is 3. The van der Waals surface area contributed by atoms with Crippen LogP contribution in [0.3, 0.4) is 0 Å². The number of carbonyl (C=O) groups excluding carboxylic acids is 1. The van der Waals surface area contributed by atoms with E-state index in [0.29, 0.717) is 30.6 Å². The number of H-pyrrole nitrogens is 1. The molecule has 0 spiro atoms. The second-order valence-corrected chi connectivity index (χ2v) is 6.69. The molecule has 1 saturated carbocycles. The third-order valence-electron chi connectivity index (χ3n) is 5.21. The van der Waals surface area contributed by atoms with Crippen molar-refractivity contribution in [3.05, 3.63) is 18.1 Å². The zero-order valence-electron chi connectivity index (χ0n) is 13.6. The van der Waals surface area contributed by atoms with Crippen LogP contribution in [0, 0.1) is 36.0 Å². The third kappa shape index (κ3) is 2.58. The fraction of sp³-hybridized carbons (Fsp3) is 0.529. The highest BCUT2D eigenvalue weighted by molar-refractivity contribution is 5.87. The van der Waals surface area contributed by atoms with Gasteiger partial charge in [-0.05, 0) is 30.7 Å². The largest absolute Gasteiger partial charge is 0.369 e. The summed E-state index contributed by atoms with van der Waals surface area (Å²) in [5.41, 5.74) is 0.857. The maximum absolute atomic E-state index is 11.9. The molecule has 124 valence electrons. The number of aromatic amines is 1. The molecule has 7 heteroatoms. The lowest BCUT2D eigenvalue weighted by atomic mass is 10.2. The third-order valence-corrected chi connectivity index (χ3v) is 5.21. The van der Waals surface area contributed by atoms with Gasteiger partial charge >= 0.3 is 0 Å². The van der Waals surface area contributed by atoms with Crippen LogP contribution in [0.25, 0.3) is 11.0 Å². The van der Waals surface area contributed by atoms with Gasteiger partial charge in [0.1, 0.15) is 17.3 Å². The summed E-state index contributed by atoms with van der Waals surface area (Å²) in [6.07, 6.45) is 2.54. The number of piperidine rings is 1. The molecule has 3 atom stereocenters. The summed E-state index contributed by atoms with van der Waals surface area (Å²) in [6.45, 7) is 4.45. The lowest BCUT2D eigenvalue weighted by molar-refractivity contribution is -0.130. The molecule has 4 rings (SSSR count). The molecule has 24 heavy (non-hydrogen) atoms. The molecule has 2 N–H and O–H groups in total. The standard InChI is InChI=1S/C17H20N6O/c1-10-21-16-11(4-6-19-16)17(22-10)20-7-12-13-8-23(9-14(12)13)15(24)3-2-5-18/h4,6,12-14H,2-3,7-9H2,1H3,(H2,19,20,21,22)/t12?,13-,14+. The normalized spacial score (nSPS) is 24.7. The van der Waals surface area contributed by atoms with Crippen LogP contribution in [0.1, 0.15) is 18.7 Å². The van der Waals surface area contributed by atoms with Crippen LogP contribution in [0.15, 0.2) is 12.3 Å². The molecule has 1 aliphatic carbocycles. The smallest absolute Gasteiger partial charge is 0.223 e. The van der Waals surface area contributed by atoms with Gasteiger partial charge in [0.05, 0.1) is 11.5 Å². The lowest BCUT2D eigenvalue weighted by Gasteiger charge is -2.19. The molecule has 3 heterocycles. The number of rotatable bonds is 5. The van der Waals surface area contributed by atoms with Crippen molar-refractivity contribution < 1.29 is 4.79 Å². The Labute approximate surface area is 140 Å². The minimum Gasteiger partial charge on any atom is -0.369 e. The van der Waals surface area contributed by atoms with Gasteiger partial charge in [0.15, 0.2) is 0 Å². The summed E-state index contributed by atoms with van der Waals surface area (Å²) >= 11 is 0. The number of carbonyl (C=O) groups is 1. The number of hydrogen-bond donors (Lipinski definition) is 2. The number of nitrogens with zero attached hydrogens (tertiary/aromatic N) is 4. The van der Waals surface area contributed by atoms with Gasteiger partial charge in [0, 0.05) is 38.7 Å². The van der Waals surface area contributed by atoms with E-state index in [9.17, 15) is 4.79 Å². The van der Waals surface area contributed by atoms with Crippen LogP contribution in [0.2, 0.25) is 0 Å². The number of nitrogens with one attached hydrogen (secondary N) is 2. The van der Waals surface area contributed by atoms with Gasteiger partial charge in [0.25, 0.3) is 0 Å². The van der Waals surface area contributed by atoms with Crippen molar-refractivity contribution in [3.8, 4) is 6.07 Å². The molecule has 2 fully saturated rings. The van der Waals surface area contributed by atoms with E-state index in [1.165, 1.54) is 0 Å². The van der Waals surface area contributed by atoms with E-state index in [0.717, 1.165) is 42.3 Å². The monoisotopic (exact) mass is 324 g/mol. The Kier molecular flexibility index (Phi) is 3.60. The fourth-order valence-corrected chi connectivity index (χ4v) is 3.88. The van der Waals surface area contributed by atoms with Crippen LogP contribution >= 0.6 is 0 Å². The summed E-state index contributed by atoms with van der Waals surface area (Å²) in [4.78, 5) is 25.9. The van der Waals surface area contributed by atoms with Gasteiger partial charge in [-0.1, -0.05) is 0 Å². The highest BCUT2D eigenvalue weighted by Gasteiger charge is 2.56. The first-order valence-electron chi connectivity index (χ1n) is 8.37. The number of anilines is 1. The predicted molar refractivity (Wildman–Crippen MR) is 89.0 cm³/mol. The molecule has 0 bridgehead atoms. The van der Waals surface area contributed by atoms with Crippen molar-refractivity contribution in [2.45, 2.75) is 19.8 Å². The zero-order chi connectivity index (χ0) is 16.7. The molecule has 1 aliphatic heterocycles. The molecular formula is C17H20N6O. The molecule has 1 unspecified atom stereocenters. The van der Waals surface area contributed by atoms with Gasteiger partial charge in [-0.2, -0.15) is 5.26 Å². The number of nitriles is 1. The van der Waals surface area contributed by atoms with E-state index < -0.39 is 0 Å². The lowest BCUT2D eigenvalue weighted by Crippen LogP contribution is -2.32. The quantitative estimate of drug-likeness (QED) is 0.872. The van der Waals surface area contributed by atoms with Gasteiger partial charge < -0.3 is 15.2 Å². The minimum atomic E-state index is 0.121. The van der Waals surface area contributed by atoms with Gasteiger partial charge in [-0.3, -0.25) is 4.79 Å². The van der Waals surface area contributed by atoms with Crippen LogP contribution in [-0.4, -0.2) is 45.4 Å². The molecule has 7 nitrogen and oxygen atoms in total. The van der Waals surface area contributed by atoms with Crippen LogP contribution < -0.4 is 5.32 Å². The first kappa shape index (κ1) is 14.9. The summed E-state index contributed by atoms with van der Waals surface area (Å²) < 4.78 is 0. The van der Waals surface area contributed by atoms with Crippen molar-refractivity contribution in [2.24, 2.45) is 17.8 Å². The Bertz CT molecular complexity index is 810. The van der Waals surface area contributed by atoms with Gasteiger partial charge in [-0.25, -0.2) is 9.97 Å². The number of aryl methyl sites for hydroxylation is 1. The molecule has 0 aromatic carbocycles. The van der Waals surface area contributed by atoms with Crippen molar-refractivity contribution in [3.63, 3.8) is 0 Å². The number of likely N-dealkylation sites (tertiary alicyclic amines) is 1. The van der Waals surface area contributed by atoms with E-state index in [2.05, 4.69) is 20.3 Å². The van der Waals surface area contributed by atoms with E-state index >= 15 is 0 Å². The summed E-state index contributed by atoms with van der Waals surface area (Å²) in [5.74, 6) is 3.54. The van der Waals surface area contributed by atoms with Crippen molar-refractivity contribution >= 4 is 22.8 Å². The molecule has 2 aromatic heterocycles. The molecule has 1 saturated heterocycles. The Morgan fingerprint density at radius 1 is 1.46 bits per heavy atom. The molecule has 0 radical (unpaired) electrons. The fourth-order valence-electron chi connectivity index (χ4n) is 3.88. The molecule has 2 aromatic rings. The van der Waals surface area contributed by atoms with Crippen molar-refractivity contribution in [2.75, 3.05) is 25.0 Å². The van der Waals surface area contributed by atoms with E-state index in [-0.39, 0.29) is 5.91 Å². The highest BCUT2D eigenvalue weighted by atomic mass is 16.2. The maximum atomic E-state index is 11.9. The Morgan fingerprint density at radius 3 is 3.00 bits per heavy atom. The van der Waals surface area contributed by atoms with E-state index in [1.54, 1.807) is 0 Å². The predicted octanol–water partition coefficient (Wildman–Crippen LogP) is 1.69. The van der Waals surface area contributed by atoms with E-state index in [1.807, 2.05) is 30.2 Å². The maximum Gasteiger partial charge on any atom is 0.223 e. The van der Waals surface area contributed by atoms with Crippen LogP contribution in [-0.2, 0) is 4.79 Å². The van der Waals surface area contributed by atoms with Crippen molar-refractivity contribution in [1.29, 1.82) is 5.26 Å². The number of fused-ring (bicyclic) bond motifs is 2. The molecule has 1 amide bonds. The Hall–Kier alpha value is -2.62. The Balaban J connectivity index is 1.33. The summed E-state index contributed by atoms with van der Waals surface area (Å²) in [6, 6.07) is 4.02. The first-order valence-corrected chi connectivity index (χ1v) is 8.37. The van der Waals surface area contributed by atoms with E-state index in [4.69, 9.17) is 5.26 Å². The molecular weight excluding hydrogens is 304 g/mol. The average Bonchev–Trinajstić information content (AvgIpc) is 2.97. The van der Waals surface area contributed by atoms with Crippen LogP contribution in [0.5, 0.6) is 0 Å². The van der Waals surface area contributed by atoms with Crippen LogP contribution in [0.4, 0.5) is 5.82 Å². The molecule has 2 aliphatic rings. The number of amides is 1. The SMILES string of the molecule is Cc1nc(NCC2[C@H]3CN(C(=O)CCC#N)C[C@@H]23)c2cc[nH]c2n1.